The second-order valence-corrected chi connectivity index (χ2v) is 15.1. The van der Waals surface area contributed by atoms with E-state index in [1.807, 2.05) is 60.7 Å². The maximum atomic E-state index is 10.2. The van der Waals surface area contributed by atoms with Crippen molar-refractivity contribution in [2.45, 2.75) is 82.8 Å². The Balaban J connectivity index is 1.91. The number of aliphatic hydroxyl groups is 1. The second kappa shape index (κ2) is 11.9. The molecule has 1 heterocycles. The van der Waals surface area contributed by atoms with Crippen LogP contribution >= 0.6 is 0 Å². The molecule has 0 spiro atoms. The van der Waals surface area contributed by atoms with Gasteiger partial charge in [0, 0.05) is 7.11 Å². The Hall–Kier alpha value is -1.58. The number of ether oxygens (including phenoxy) is 4. The van der Waals surface area contributed by atoms with Crippen molar-refractivity contribution in [1.29, 1.82) is 0 Å². The molecule has 3 rings (SSSR count). The topological polar surface area (TPSA) is 66.4 Å². The lowest BCUT2D eigenvalue weighted by Crippen LogP contribution is -2.64. The van der Waals surface area contributed by atoms with Gasteiger partial charge in [-0.15, -0.1) is 0 Å². The van der Waals surface area contributed by atoms with Crippen LogP contribution in [0.2, 0.25) is 18.1 Å². The Morgan fingerprint density at radius 3 is 1.76 bits per heavy atom. The lowest BCUT2D eigenvalue weighted by molar-refractivity contribution is -0.308. The Morgan fingerprint density at radius 1 is 0.824 bits per heavy atom. The van der Waals surface area contributed by atoms with E-state index in [0.29, 0.717) is 13.2 Å². The summed E-state index contributed by atoms with van der Waals surface area (Å²) < 4.78 is 31.6. The van der Waals surface area contributed by atoms with E-state index in [0.717, 1.165) is 11.1 Å². The first-order chi connectivity index (χ1) is 16.2. The summed E-state index contributed by atoms with van der Waals surface area (Å²) in [5.74, 6) is 0. The first kappa shape index (κ1) is 27.0. The fourth-order valence-electron chi connectivity index (χ4n) is 3.78. The van der Waals surface area contributed by atoms with Gasteiger partial charge in [0.1, 0.15) is 24.4 Å². The third-order valence-electron chi connectivity index (χ3n) is 6.81. The van der Waals surface area contributed by atoms with Gasteiger partial charge in [-0.25, -0.2) is 0 Å². The Bertz CT molecular complexity index is 854. The van der Waals surface area contributed by atoms with Gasteiger partial charge in [0.25, 0.3) is 0 Å². The van der Waals surface area contributed by atoms with Crippen LogP contribution in [0.15, 0.2) is 60.7 Å². The fraction of sp³-hybridized carbons (Fsp3) is 0.556. The maximum Gasteiger partial charge on any atom is 0.192 e. The highest BCUT2D eigenvalue weighted by Gasteiger charge is 2.52. The number of hydrogen-bond donors (Lipinski definition) is 1. The van der Waals surface area contributed by atoms with Gasteiger partial charge in [0.05, 0.1) is 19.8 Å². The van der Waals surface area contributed by atoms with Crippen molar-refractivity contribution in [2.75, 3.05) is 13.7 Å². The number of aliphatic hydroxyl groups excluding tert-OH is 1. The Labute approximate surface area is 205 Å². The van der Waals surface area contributed by atoms with Gasteiger partial charge in [-0.3, -0.25) is 0 Å². The molecular weight excluding hydrogens is 448 g/mol. The van der Waals surface area contributed by atoms with Crippen LogP contribution in [0.3, 0.4) is 0 Å². The third-order valence-corrected chi connectivity index (χ3v) is 11.3. The van der Waals surface area contributed by atoms with Crippen molar-refractivity contribution in [3.63, 3.8) is 0 Å². The van der Waals surface area contributed by atoms with Crippen LogP contribution < -0.4 is 0 Å². The molecule has 7 heteroatoms. The maximum absolute atomic E-state index is 10.2. The normalized spacial score (nSPS) is 25.9. The predicted octanol–water partition coefficient (Wildman–Crippen LogP) is 4.91. The number of hydrogen-bond acceptors (Lipinski definition) is 6. The summed E-state index contributed by atoms with van der Waals surface area (Å²) in [4.78, 5) is 0. The standard InChI is InChI=1S/C27H40O6Si/c1-27(2,3)34(5,6)33-25-24(31-19-21-15-11-8-12-16-21)23(22(17-28)32-26(25)29-4)30-18-20-13-9-7-10-14-20/h7-16,22-26,28H,17-19H2,1-6H3/t22-,23-,24+,25-,26?/m1/s1. The molecule has 0 radical (unpaired) electrons. The van der Waals surface area contributed by atoms with Crippen molar-refractivity contribution in [3.8, 4) is 0 Å². The average molecular weight is 489 g/mol. The number of benzene rings is 2. The summed E-state index contributed by atoms with van der Waals surface area (Å²) in [6.07, 6.45) is -2.81. The highest BCUT2D eigenvalue weighted by Crippen LogP contribution is 2.40. The molecular formula is C27H40O6Si. The van der Waals surface area contributed by atoms with E-state index >= 15 is 0 Å². The Morgan fingerprint density at radius 2 is 1.32 bits per heavy atom. The monoisotopic (exact) mass is 488 g/mol. The SMILES string of the molecule is COC1O[C@H](CO)[C@@H](OCc2ccccc2)[C@H](OCc2ccccc2)[C@H]1O[Si](C)(C)C(C)(C)C. The zero-order valence-corrected chi connectivity index (χ0v) is 22.3. The van der Waals surface area contributed by atoms with E-state index < -0.39 is 39.0 Å². The van der Waals surface area contributed by atoms with E-state index in [4.69, 9.17) is 23.4 Å². The van der Waals surface area contributed by atoms with Crippen molar-refractivity contribution < 1.29 is 28.5 Å². The van der Waals surface area contributed by atoms with Crippen molar-refractivity contribution >= 4 is 8.32 Å². The van der Waals surface area contributed by atoms with E-state index in [2.05, 4.69) is 33.9 Å². The molecule has 1 N–H and O–H groups in total. The minimum Gasteiger partial charge on any atom is -0.406 e. The summed E-state index contributed by atoms with van der Waals surface area (Å²) in [5.41, 5.74) is 2.09. The molecule has 0 aromatic heterocycles. The summed E-state index contributed by atoms with van der Waals surface area (Å²) >= 11 is 0. The predicted molar refractivity (Wildman–Crippen MR) is 135 cm³/mol. The summed E-state index contributed by atoms with van der Waals surface area (Å²) in [6, 6.07) is 20.0. The zero-order valence-electron chi connectivity index (χ0n) is 21.3. The largest absolute Gasteiger partial charge is 0.406 e. The van der Waals surface area contributed by atoms with E-state index in [-0.39, 0.29) is 11.6 Å². The molecule has 0 aliphatic carbocycles. The molecule has 5 atom stereocenters. The van der Waals surface area contributed by atoms with Gasteiger partial charge in [-0.1, -0.05) is 81.4 Å². The minimum absolute atomic E-state index is 0.0104. The fourth-order valence-corrected chi connectivity index (χ4v) is 5.06. The number of rotatable bonds is 10. The summed E-state index contributed by atoms with van der Waals surface area (Å²) in [6.45, 7) is 11.6. The smallest absolute Gasteiger partial charge is 0.192 e. The third kappa shape index (κ3) is 6.76. The molecule has 0 saturated carbocycles. The van der Waals surface area contributed by atoms with Gasteiger partial charge < -0.3 is 28.5 Å². The van der Waals surface area contributed by atoms with Crippen LogP contribution in [0, 0.1) is 0 Å². The Kier molecular flexibility index (Phi) is 9.46. The molecule has 1 aliphatic rings. The van der Waals surface area contributed by atoms with Crippen LogP contribution in [0.4, 0.5) is 0 Å². The van der Waals surface area contributed by atoms with Crippen LogP contribution in [0.1, 0.15) is 31.9 Å². The lowest BCUT2D eigenvalue weighted by atomic mass is 9.98. The quantitative estimate of drug-likeness (QED) is 0.479. The van der Waals surface area contributed by atoms with Gasteiger partial charge in [-0.05, 0) is 29.3 Å². The molecule has 1 fully saturated rings. The van der Waals surface area contributed by atoms with Crippen molar-refractivity contribution in [3.05, 3.63) is 71.8 Å². The van der Waals surface area contributed by atoms with Gasteiger partial charge in [0.15, 0.2) is 14.6 Å². The van der Waals surface area contributed by atoms with E-state index in [1.165, 1.54) is 0 Å². The van der Waals surface area contributed by atoms with Crippen LogP contribution in [0.25, 0.3) is 0 Å². The molecule has 0 amide bonds. The molecule has 1 unspecified atom stereocenters. The van der Waals surface area contributed by atoms with Crippen LogP contribution in [-0.4, -0.2) is 57.8 Å². The first-order valence-corrected chi connectivity index (χ1v) is 14.8. The summed E-state index contributed by atoms with van der Waals surface area (Å²) in [5, 5.41) is 10.2. The molecule has 188 valence electrons. The second-order valence-electron chi connectivity index (χ2n) is 10.3. The molecule has 34 heavy (non-hydrogen) atoms. The first-order valence-electron chi connectivity index (χ1n) is 11.9. The lowest BCUT2D eigenvalue weighted by Gasteiger charge is -2.49. The molecule has 2 aromatic carbocycles. The highest BCUT2D eigenvalue weighted by molar-refractivity contribution is 6.74. The number of methoxy groups -OCH3 is 1. The highest BCUT2D eigenvalue weighted by atomic mass is 28.4. The molecule has 1 aliphatic heterocycles. The zero-order chi connectivity index (χ0) is 24.8. The van der Waals surface area contributed by atoms with E-state index in [9.17, 15) is 5.11 Å². The summed E-state index contributed by atoms with van der Waals surface area (Å²) in [7, 11) is -0.609. The van der Waals surface area contributed by atoms with Crippen molar-refractivity contribution in [2.24, 2.45) is 0 Å². The molecule has 0 bridgehead atoms. The van der Waals surface area contributed by atoms with Crippen LogP contribution in [-0.2, 0) is 36.6 Å². The van der Waals surface area contributed by atoms with Gasteiger partial charge >= 0.3 is 0 Å². The molecule has 2 aromatic rings. The van der Waals surface area contributed by atoms with Crippen molar-refractivity contribution in [1.82, 2.24) is 0 Å². The average Bonchev–Trinajstić information content (AvgIpc) is 2.82. The van der Waals surface area contributed by atoms with Crippen LogP contribution in [0.5, 0.6) is 0 Å². The molecule has 1 saturated heterocycles. The van der Waals surface area contributed by atoms with Gasteiger partial charge in [-0.2, -0.15) is 0 Å². The molecule has 6 nitrogen and oxygen atoms in total. The van der Waals surface area contributed by atoms with E-state index in [1.54, 1.807) is 7.11 Å². The minimum atomic E-state index is -2.21. The van der Waals surface area contributed by atoms with Gasteiger partial charge in [0.2, 0.25) is 0 Å².